The lowest BCUT2D eigenvalue weighted by Gasteiger charge is -2.19. The van der Waals surface area contributed by atoms with Crippen LogP contribution in [0.1, 0.15) is 26.3 Å². The number of rotatable bonds is 2. The van der Waals surface area contributed by atoms with Crippen molar-refractivity contribution in [2.24, 2.45) is 0 Å². The molecule has 168 valence electrons. The Morgan fingerprint density at radius 2 is 1.09 bits per heavy atom. The van der Waals surface area contributed by atoms with E-state index in [0.717, 1.165) is 16.8 Å². The zero-order chi connectivity index (χ0) is 23.3. The summed E-state index contributed by atoms with van der Waals surface area (Å²) < 4.78 is 13.9. The summed E-state index contributed by atoms with van der Waals surface area (Å²) in [5.74, 6) is 0.852. The van der Waals surface area contributed by atoms with E-state index < -0.39 is 8.08 Å². The Labute approximate surface area is 200 Å². The Morgan fingerprint density at radius 1 is 0.588 bits per heavy atom. The van der Waals surface area contributed by atoms with Crippen molar-refractivity contribution < 1.29 is 4.52 Å². The van der Waals surface area contributed by atoms with Crippen molar-refractivity contribution in [3.63, 3.8) is 0 Å². The van der Waals surface area contributed by atoms with E-state index in [2.05, 4.69) is 127 Å². The number of H-pyrrole nitrogens is 2. The van der Waals surface area contributed by atoms with Gasteiger partial charge in [-0.3, -0.25) is 0 Å². The average molecular weight is 463 g/mol. The van der Waals surface area contributed by atoms with Crippen molar-refractivity contribution in [3.8, 4) is 5.75 Å². The van der Waals surface area contributed by atoms with Gasteiger partial charge in [0.15, 0.2) is 0 Å². The molecule has 0 aliphatic rings. The molecule has 0 unspecified atom stereocenters. The van der Waals surface area contributed by atoms with Crippen LogP contribution in [0, 0.1) is 0 Å². The number of hydrogen-bond donors (Lipinski definition) is 2. The molecule has 1 aromatic heterocycles. The molecule has 1 heterocycles. The first-order valence-electron chi connectivity index (χ1n) is 11.6. The summed E-state index contributed by atoms with van der Waals surface area (Å²) in [7, 11) is -1.20. The standard InChI is InChI=1S/C30H27N2OP/c1-30(2,3)22-14-16-23(17-15-22)33-34-31-26-18-12-20-8-4-6-10-24(20)28(26)29-25-11-7-5-9-21(25)13-19-27(29)32-34/h4-19,31-32H,1-3H3. The maximum absolute atomic E-state index is 6.48. The van der Waals surface area contributed by atoms with Crippen LogP contribution in [0.15, 0.2) is 97.1 Å². The molecule has 0 fully saturated rings. The fourth-order valence-electron chi connectivity index (χ4n) is 4.68. The third-order valence-corrected chi connectivity index (χ3v) is 7.75. The van der Waals surface area contributed by atoms with Gasteiger partial charge in [-0.15, -0.1) is 0 Å². The van der Waals surface area contributed by atoms with Crippen molar-refractivity contribution in [2.75, 3.05) is 0 Å². The number of fused-ring (bicyclic) bond motifs is 7. The second-order valence-corrected chi connectivity index (χ2v) is 11.0. The van der Waals surface area contributed by atoms with Crippen LogP contribution in [0.4, 0.5) is 0 Å². The van der Waals surface area contributed by atoms with E-state index in [0.29, 0.717) is 0 Å². The van der Waals surface area contributed by atoms with Gasteiger partial charge in [-0.05, 0) is 56.8 Å². The van der Waals surface area contributed by atoms with Crippen LogP contribution in [0.2, 0.25) is 0 Å². The second-order valence-electron chi connectivity index (χ2n) is 9.80. The van der Waals surface area contributed by atoms with Crippen LogP contribution in [0.25, 0.3) is 43.4 Å². The summed E-state index contributed by atoms with van der Waals surface area (Å²) in [6, 6.07) is 34.4. The molecule has 0 amide bonds. The second kappa shape index (κ2) is 7.97. The molecule has 0 radical (unpaired) electrons. The Hall–Kier alpha value is -3.68. The molecule has 0 saturated carbocycles. The Kier molecular flexibility index (Phi) is 4.90. The van der Waals surface area contributed by atoms with Gasteiger partial charge in [0.25, 0.3) is 0 Å². The average Bonchev–Trinajstić information content (AvgIpc) is 3.00. The van der Waals surface area contributed by atoms with Crippen molar-refractivity contribution in [1.29, 1.82) is 0 Å². The monoisotopic (exact) mass is 462 g/mol. The molecule has 0 bridgehead atoms. The van der Waals surface area contributed by atoms with Crippen molar-refractivity contribution in [3.05, 3.63) is 103 Å². The number of nitrogens with one attached hydrogen (secondary N) is 2. The van der Waals surface area contributed by atoms with Crippen LogP contribution in [0.3, 0.4) is 0 Å². The van der Waals surface area contributed by atoms with Gasteiger partial charge < -0.3 is 14.0 Å². The molecular weight excluding hydrogens is 435 g/mol. The highest BCUT2D eigenvalue weighted by Crippen LogP contribution is 2.37. The first-order valence-corrected chi connectivity index (χ1v) is 12.9. The molecule has 0 saturated heterocycles. The largest absolute Gasteiger partial charge is 0.418 e. The highest BCUT2D eigenvalue weighted by Gasteiger charge is 2.14. The summed E-state index contributed by atoms with van der Waals surface area (Å²) in [4.78, 5) is 0. The van der Waals surface area contributed by atoms with Gasteiger partial charge in [0, 0.05) is 10.8 Å². The molecule has 4 heteroatoms. The number of benzene rings is 5. The lowest BCUT2D eigenvalue weighted by Crippen LogP contribution is -2.10. The zero-order valence-corrected chi connectivity index (χ0v) is 20.5. The zero-order valence-electron chi connectivity index (χ0n) is 19.6. The molecule has 0 spiro atoms. The molecular formula is C30H27N2OP. The van der Waals surface area contributed by atoms with Gasteiger partial charge in [-0.25, -0.2) is 0 Å². The fourth-order valence-corrected chi connectivity index (χ4v) is 5.97. The van der Waals surface area contributed by atoms with Crippen LogP contribution in [-0.2, 0) is 5.41 Å². The third kappa shape index (κ3) is 3.63. The Bertz CT molecular complexity index is 1610. The molecule has 0 aliphatic heterocycles. The first-order chi connectivity index (χ1) is 16.5. The highest BCUT2D eigenvalue weighted by molar-refractivity contribution is 7.36. The predicted molar refractivity (Wildman–Crippen MR) is 147 cm³/mol. The number of hydrogen-bond acceptors (Lipinski definition) is 1. The fraction of sp³-hybridized carbons (Fsp3) is 0.133. The van der Waals surface area contributed by atoms with Crippen molar-refractivity contribution >= 4 is 51.4 Å². The molecule has 3 nitrogen and oxygen atoms in total. The van der Waals surface area contributed by atoms with Gasteiger partial charge in [0.05, 0.1) is 11.0 Å². The maximum atomic E-state index is 6.48. The van der Waals surface area contributed by atoms with E-state index in [9.17, 15) is 0 Å². The minimum absolute atomic E-state index is 0.114. The van der Waals surface area contributed by atoms with Crippen LogP contribution in [0.5, 0.6) is 5.75 Å². The molecule has 6 aromatic rings. The lowest BCUT2D eigenvalue weighted by atomic mass is 9.87. The van der Waals surface area contributed by atoms with E-state index in [-0.39, 0.29) is 5.41 Å². The van der Waals surface area contributed by atoms with E-state index >= 15 is 0 Å². The Balaban J connectivity index is 1.65. The van der Waals surface area contributed by atoms with Gasteiger partial charge in [0.1, 0.15) is 5.75 Å². The summed E-state index contributed by atoms with van der Waals surface area (Å²) in [6.45, 7) is 6.68. The molecule has 5 aromatic carbocycles. The SMILES string of the molecule is CC(C)(C)c1ccc(Op2[nH]c3ccc4ccccc4c3c3c(ccc4ccccc43)[nH]2)cc1. The first kappa shape index (κ1) is 20.9. The summed E-state index contributed by atoms with van der Waals surface area (Å²) in [5, 5.41) is 7.36. The third-order valence-electron chi connectivity index (χ3n) is 6.47. The highest BCUT2D eigenvalue weighted by atomic mass is 31.1. The van der Waals surface area contributed by atoms with Gasteiger partial charge >= 0.3 is 0 Å². The molecule has 34 heavy (non-hydrogen) atoms. The van der Waals surface area contributed by atoms with E-state index in [1.807, 2.05) is 0 Å². The van der Waals surface area contributed by atoms with E-state index in [1.54, 1.807) is 0 Å². The van der Waals surface area contributed by atoms with E-state index in [1.165, 1.54) is 37.9 Å². The summed E-state index contributed by atoms with van der Waals surface area (Å²) >= 11 is 0. The Morgan fingerprint density at radius 3 is 1.59 bits per heavy atom. The quantitative estimate of drug-likeness (QED) is 0.264. The van der Waals surface area contributed by atoms with Crippen LogP contribution >= 0.6 is 8.08 Å². The van der Waals surface area contributed by atoms with Gasteiger partial charge in [-0.1, -0.05) is 93.6 Å². The van der Waals surface area contributed by atoms with Crippen molar-refractivity contribution in [1.82, 2.24) is 9.49 Å². The molecule has 6 rings (SSSR count). The van der Waals surface area contributed by atoms with Crippen LogP contribution in [-0.4, -0.2) is 9.49 Å². The maximum Gasteiger partial charge on any atom is 0.230 e. The number of aromatic amines is 2. The summed E-state index contributed by atoms with van der Waals surface area (Å²) in [6.07, 6.45) is 0. The lowest BCUT2D eigenvalue weighted by molar-refractivity contribution is 0.585. The number of aromatic nitrogens is 2. The van der Waals surface area contributed by atoms with Gasteiger partial charge in [-0.2, -0.15) is 0 Å². The van der Waals surface area contributed by atoms with Crippen LogP contribution < -0.4 is 4.52 Å². The molecule has 0 aliphatic carbocycles. The predicted octanol–water partition coefficient (Wildman–Crippen LogP) is 9.21. The molecule has 0 atom stereocenters. The smallest absolute Gasteiger partial charge is 0.230 e. The van der Waals surface area contributed by atoms with Crippen molar-refractivity contribution in [2.45, 2.75) is 26.2 Å². The van der Waals surface area contributed by atoms with Gasteiger partial charge in [0.2, 0.25) is 8.08 Å². The topological polar surface area (TPSA) is 40.8 Å². The summed E-state index contributed by atoms with van der Waals surface area (Å²) in [5.41, 5.74) is 3.57. The minimum atomic E-state index is -1.20. The normalized spacial score (nSPS) is 12.0. The molecule has 2 N–H and O–H groups in total. The minimum Gasteiger partial charge on any atom is -0.418 e. The van der Waals surface area contributed by atoms with E-state index in [4.69, 9.17) is 4.52 Å².